The number of methoxy groups -OCH3 is 1. The minimum Gasteiger partial charge on any atom is -0.375 e. The van der Waals surface area contributed by atoms with Crippen LogP contribution in [-0.4, -0.2) is 22.1 Å². The molecule has 0 fully saturated rings. The van der Waals surface area contributed by atoms with Crippen LogP contribution in [0.1, 0.15) is 16.5 Å². The van der Waals surface area contributed by atoms with E-state index < -0.39 is 10.0 Å². The van der Waals surface area contributed by atoms with Gasteiger partial charge in [-0.25, -0.2) is 13.1 Å². The highest BCUT2D eigenvalue weighted by molar-refractivity contribution is 7.88. The molecule has 1 aromatic heterocycles. The summed E-state index contributed by atoms with van der Waals surface area (Å²) in [5.41, 5.74) is 0.748. The van der Waals surface area contributed by atoms with Gasteiger partial charge >= 0.3 is 0 Å². The Morgan fingerprint density at radius 1 is 1.24 bits per heavy atom. The molecule has 7 heteroatoms. The lowest BCUT2D eigenvalue weighted by atomic mass is 10.2. The average molecular weight is 346 g/mol. The molecule has 2 rings (SSSR count). The average Bonchev–Trinajstić information content (AvgIpc) is 2.86. The molecule has 0 spiro atoms. The number of benzene rings is 1. The first-order chi connectivity index (χ1) is 10.00. The molecule has 0 aliphatic carbocycles. The lowest BCUT2D eigenvalue weighted by Gasteiger charge is -2.14. The highest BCUT2D eigenvalue weighted by Crippen LogP contribution is 2.28. The maximum Gasteiger partial charge on any atom is 0.215 e. The van der Waals surface area contributed by atoms with E-state index in [1.54, 1.807) is 25.3 Å². The van der Waals surface area contributed by atoms with Crippen LogP contribution in [0, 0.1) is 0 Å². The minimum atomic E-state index is -3.40. The van der Waals surface area contributed by atoms with E-state index in [1.165, 1.54) is 11.3 Å². The summed E-state index contributed by atoms with van der Waals surface area (Å²) in [5.74, 6) is -0.0462. The molecule has 4 nitrogen and oxygen atoms in total. The largest absolute Gasteiger partial charge is 0.375 e. The Kier molecular flexibility index (Phi) is 5.78. The normalized spacial score (nSPS) is 13.2. The first-order valence-electron chi connectivity index (χ1n) is 6.29. The number of halogens is 1. The van der Waals surface area contributed by atoms with E-state index in [0.29, 0.717) is 4.34 Å². The van der Waals surface area contributed by atoms with E-state index in [9.17, 15) is 8.42 Å². The molecular weight excluding hydrogens is 330 g/mol. The summed E-state index contributed by atoms with van der Waals surface area (Å²) in [7, 11) is -1.85. The Labute approximate surface area is 133 Å². The summed E-state index contributed by atoms with van der Waals surface area (Å²) in [6.45, 7) is 0.183. The fourth-order valence-corrected chi connectivity index (χ4v) is 4.13. The Morgan fingerprint density at radius 2 is 1.95 bits per heavy atom. The van der Waals surface area contributed by atoms with Crippen LogP contribution < -0.4 is 4.72 Å². The quantitative estimate of drug-likeness (QED) is 0.838. The van der Waals surface area contributed by atoms with Gasteiger partial charge in [-0.05, 0) is 17.7 Å². The molecule has 0 saturated heterocycles. The Balaban J connectivity index is 1.97. The van der Waals surface area contributed by atoms with Gasteiger partial charge in [0.25, 0.3) is 0 Å². The lowest BCUT2D eigenvalue weighted by Crippen LogP contribution is -2.30. The van der Waals surface area contributed by atoms with Gasteiger partial charge in [-0.1, -0.05) is 41.9 Å². The smallest absolute Gasteiger partial charge is 0.215 e. The van der Waals surface area contributed by atoms with Crippen LogP contribution in [0.25, 0.3) is 0 Å². The third-order valence-corrected chi connectivity index (χ3v) is 5.53. The van der Waals surface area contributed by atoms with Crippen LogP contribution in [0.15, 0.2) is 42.5 Å². The van der Waals surface area contributed by atoms with Gasteiger partial charge in [0.2, 0.25) is 10.0 Å². The van der Waals surface area contributed by atoms with Crippen molar-refractivity contribution in [2.45, 2.75) is 11.9 Å². The molecule has 2 aromatic rings. The summed E-state index contributed by atoms with van der Waals surface area (Å²) < 4.78 is 32.7. The minimum absolute atomic E-state index is 0.0462. The number of nitrogens with one attached hydrogen (secondary N) is 1. The second-order valence-corrected chi connectivity index (χ2v) is 8.01. The summed E-state index contributed by atoms with van der Waals surface area (Å²) in [6.07, 6.45) is -0.340. The van der Waals surface area contributed by atoms with Gasteiger partial charge in [0, 0.05) is 18.5 Å². The van der Waals surface area contributed by atoms with Crippen molar-refractivity contribution in [1.82, 2.24) is 4.72 Å². The van der Waals surface area contributed by atoms with Crippen LogP contribution >= 0.6 is 22.9 Å². The van der Waals surface area contributed by atoms with Gasteiger partial charge in [0.15, 0.2) is 0 Å². The summed E-state index contributed by atoms with van der Waals surface area (Å²) in [5, 5.41) is 0. The van der Waals surface area contributed by atoms with Gasteiger partial charge in [-0.2, -0.15) is 0 Å². The standard InChI is InChI=1S/C14H16ClNO3S2/c1-19-12(13-7-8-14(15)20-13)9-16-21(17,18)10-11-5-3-2-4-6-11/h2-8,12,16H,9-10H2,1H3/t12-/m0/s1. The molecule has 1 atom stereocenters. The van der Waals surface area contributed by atoms with Gasteiger partial charge < -0.3 is 4.74 Å². The van der Waals surface area contributed by atoms with E-state index in [2.05, 4.69) is 4.72 Å². The van der Waals surface area contributed by atoms with Crippen LogP contribution in [0.4, 0.5) is 0 Å². The zero-order valence-electron chi connectivity index (χ0n) is 11.5. The summed E-state index contributed by atoms with van der Waals surface area (Å²) >= 11 is 7.26. The zero-order chi connectivity index (χ0) is 15.3. The van der Waals surface area contributed by atoms with Gasteiger partial charge in [-0.15, -0.1) is 11.3 Å². The third kappa shape index (κ3) is 5.09. The van der Waals surface area contributed by atoms with E-state index in [1.807, 2.05) is 24.3 Å². The molecule has 0 radical (unpaired) electrons. The number of hydrogen-bond acceptors (Lipinski definition) is 4. The van der Waals surface area contributed by atoms with Crippen molar-refractivity contribution in [3.63, 3.8) is 0 Å². The molecule has 0 bridgehead atoms. The van der Waals surface area contributed by atoms with E-state index in [4.69, 9.17) is 16.3 Å². The number of thiophene rings is 1. The van der Waals surface area contributed by atoms with Crippen LogP contribution in [0.3, 0.4) is 0 Å². The van der Waals surface area contributed by atoms with E-state index in [0.717, 1.165) is 10.4 Å². The zero-order valence-corrected chi connectivity index (χ0v) is 13.8. The Morgan fingerprint density at radius 3 is 2.52 bits per heavy atom. The van der Waals surface area contributed by atoms with Crippen molar-refractivity contribution in [2.24, 2.45) is 0 Å². The number of rotatable bonds is 7. The molecule has 0 unspecified atom stereocenters. The molecule has 0 aliphatic rings. The first kappa shape index (κ1) is 16.5. The van der Waals surface area contributed by atoms with E-state index in [-0.39, 0.29) is 18.4 Å². The third-order valence-electron chi connectivity index (χ3n) is 2.88. The van der Waals surface area contributed by atoms with Crippen molar-refractivity contribution in [2.75, 3.05) is 13.7 Å². The second-order valence-electron chi connectivity index (χ2n) is 4.46. The van der Waals surface area contributed by atoms with Crippen molar-refractivity contribution < 1.29 is 13.2 Å². The molecular formula is C14H16ClNO3S2. The van der Waals surface area contributed by atoms with Gasteiger partial charge in [0.05, 0.1) is 10.1 Å². The molecule has 1 heterocycles. The highest BCUT2D eigenvalue weighted by atomic mass is 35.5. The van der Waals surface area contributed by atoms with Crippen molar-refractivity contribution >= 4 is 33.0 Å². The van der Waals surface area contributed by atoms with Crippen molar-refractivity contribution in [1.29, 1.82) is 0 Å². The van der Waals surface area contributed by atoms with Gasteiger partial charge in [-0.3, -0.25) is 0 Å². The van der Waals surface area contributed by atoms with Gasteiger partial charge in [0.1, 0.15) is 6.10 Å². The van der Waals surface area contributed by atoms with Crippen LogP contribution in [0.5, 0.6) is 0 Å². The van der Waals surface area contributed by atoms with E-state index >= 15 is 0 Å². The maximum absolute atomic E-state index is 12.1. The molecule has 21 heavy (non-hydrogen) atoms. The predicted octanol–water partition coefficient (Wildman–Crippen LogP) is 3.21. The summed E-state index contributed by atoms with van der Waals surface area (Å²) in [4.78, 5) is 0.893. The van der Waals surface area contributed by atoms with Crippen LogP contribution in [-0.2, 0) is 20.5 Å². The first-order valence-corrected chi connectivity index (χ1v) is 9.14. The predicted molar refractivity (Wildman–Crippen MR) is 86.1 cm³/mol. The number of sulfonamides is 1. The molecule has 1 aromatic carbocycles. The van der Waals surface area contributed by atoms with Crippen molar-refractivity contribution in [3.8, 4) is 0 Å². The molecule has 0 amide bonds. The highest BCUT2D eigenvalue weighted by Gasteiger charge is 2.17. The lowest BCUT2D eigenvalue weighted by molar-refractivity contribution is 0.110. The number of hydrogen-bond donors (Lipinski definition) is 1. The SMILES string of the molecule is CO[C@@H](CNS(=O)(=O)Cc1ccccc1)c1ccc(Cl)s1. The maximum atomic E-state index is 12.1. The molecule has 0 saturated carbocycles. The fraction of sp³-hybridized carbons (Fsp3) is 0.286. The fourth-order valence-electron chi connectivity index (χ4n) is 1.85. The summed E-state index contributed by atoms with van der Waals surface area (Å²) in [6, 6.07) is 12.7. The van der Waals surface area contributed by atoms with Crippen molar-refractivity contribution in [3.05, 3.63) is 57.2 Å². The Hall–Kier alpha value is -0.920. The molecule has 114 valence electrons. The second kappa shape index (κ2) is 7.38. The van der Waals surface area contributed by atoms with Crippen LogP contribution in [0.2, 0.25) is 4.34 Å². The molecule has 1 N–H and O–H groups in total. The Bertz CT molecular complexity index is 671. The monoisotopic (exact) mass is 345 g/mol. The topological polar surface area (TPSA) is 55.4 Å². The molecule has 0 aliphatic heterocycles. The number of ether oxygens (including phenoxy) is 1.